The van der Waals surface area contributed by atoms with Gasteiger partial charge in [0.15, 0.2) is 5.11 Å². The van der Waals surface area contributed by atoms with Crippen LogP contribution in [-0.2, 0) is 12.8 Å². The van der Waals surface area contributed by atoms with E-state index in [4.69, 9.17) is 18.0 Å². The highest BCUT2D eigenvalue weighted by Gasteiger charge is 2.21. The van der Waals surface area contributed by atoms with Gasteiger partial charge in [-0.1, -0.05) is 6.42 Å². The zero-order valence-electron chi connectivity index (χ0n) is 12.6. The third-order valence-corrected chi connectivity index (χ3v) is 4.71. The minimum absolute atomic E-state index is 0.338. The predicted molar refractivity (Wildman–Crippen MR) is 89.8 cm³/mol. The van der Waals surface area contributed by atoms with Gasteiger partial charge in [0.2, 0.25) is 0 Å². The third kappa shape index (κ3) is 3.37. The molecule has 0 radical (unpaired) electrons. The fraction of sp³-hybridized carbons (Fsp3) is 0.733. The van der Waals surface area contributed by atoms with Crippen molar-refractivity contribution < 1.29 is 0 Å². The lowest BCUT2D eigenvalue weighted by Crippen LogP contribution is -2.31. The topological polar surface area (TPSA) is 59.1 Å². The van der Waals surface area contributed by atoms with Gasteiger partial charge in [0, 0.05) is 25.1 Å². The van der Waals surface area contributed by atoms with E-state index in [0.717, 1.165) is 31.7 Å². The van der Waals surface area contributed by atoms with E-state index in [1.807, 2.05) is 0 Å². The van der Waals surface area contributed by atoms with E-state index in [1.165, 1.54) is 56.5 Å². The maximum atomic E-state index is 5.82. The van der Waals surface area contributed by atoms with E-state index in [2.05, 4.69) is 15.3 Å². The van der Waals surface area contributed by atoms with E-state index in [9.17, 15) is 0 Å². The van der Waals surface area contributed by atoms with Crippen LogP contribution < -0.4 is 11.1 Å². The summed E-state index contributed by atoms with van der Waals surface area (Å²) in [5.41, 5.74) is 8.33. The Morgan fingerprint density at radius 1 is 1.19 bits per heavy atom. The summed E-state index contributed by atoms with van der Waals surface area (Å²) in [4.78, 5) is 2.56. The molecule has 0 bridgehead atoms. The van der Waals surface area contributed by atoms with Crippen LogP contribution in [0.4, 0.5) is 5.82 Å². The maximum absolute atomic E-state index is 5.82. The molecule has 116 valence electrons. The van der Waals surface area contributed by atoms with Gasteiger partial charge in [0.1, 0.15) is 5.82 Å². The Kier molecular flexibility index (Phi) is 4.75. The van der Waals surface area contributed by atoms with Crippen LogP contribution in [0.15, 0.2) is 0 Å². The minimum Gasteiger partial charge on any atom is -0.374 e. The minimum atomic E-state index is 0.338. The molecule has 1 aromatic rings. The summed E-state index contributed by atoms with van der Waals surface area (Å²) < 4.78 is 1.72. The van der Waals surface area contributed by atoms with Gasteiger partial charge in [-0.05, 0) is 57.4 Å². The fourth-order valence-corrected chi connectivity index (χ4v) is 3.51. The van der Waals surface area contributed by atoms with Crippen LogP contribution in [0.5, 0.6) is 0 Å². The molecule has 21 heavy (non-hydrogen) atoms. The molecule has 2 aliphatic heterocycles. The van der Waals surface area contributed by atoms with Crippen LogP contribution in [-0.4, -0.2) is 46.0 Å². The second-order valence-corrected chi connectivity index (χ2v) is 6.48. The molecule has 3 rings (SSSR count). The summed E-state index contributed by atoms with van der Waals surface area (Å²) in [6.07, 6.45) is 8.53. The molecule has 6 heteroatoms. The lowest BCUT2D eigenvalue weighted by molar-refractivity contribution is 0.230. The van der Waals surface area contributed by atoms with Gasteiger partial charge < -0.3 is 16.0 Å². The number of aromatic nitrogens is 2. The van der Waals surface area contributed by atoms with E-state index in [-0.39, 0.29) is 0 Å². The number of thiocarbonyl (C=S) groups is 1. The molecule has 0 saturated carbocycles. The zero-order valence-corrected chi connectivity index (χ0v) is 13.4. The standard InChI is InChI=1S/C15H25N5S/c16-15(21)20-14-12(6-2-3-8-17-14)13(18-20)7-11-19-9-4-1-5-10-19/h17H,1-11H2,(H2,16,21). The third-order valence-electron chi connectivity index (χ3n) is 4.53. The van der Waals surface area contributed by atoms with Crippen LogP contribution >= 0.6 is 12.2 Å². The smallest absolute Gasteiger partial charge is 0.193 e. The first-order chi connectivity index (χ1) is 10.3. The summed E-state index contributed by atoms with van der Waals surface area (Å²) in [6.45, 7) is 4.54. The Bertz CT molecular complexity index is 504. The Labute approximate surface area is 131 Å². The second kappa shape index (κ2) is 6.75. The Morgan fingerprint density at radius 3 is 2.76 bits per heavy atom. The Balaban J connectivity index is 1.75. The van der Waals surface area contributed by atoms with Gasteiger partial charge in [-0.15, -0.1) is 0 Å². The van der Waals surface area contributed by atoms with Gasteiger partial charge in [-0.3, -0.25) is 0 Å². The van der Waals surface area contributed by atoms with Crippen molar-refractivity contribution in [3.8, 4) is 0 Å². The molecular formula is C15H25N5S. The van der Waals surface area contributed by atoms with E-state index in [0.29, 0.717) is 5.11 Å². The molecule has 0 amide bonds. The molecule has 3 heterocycles. The summed E-state index contributed by atoms with van der Waals surface area (Å²) in [7, 11) is 0. The van der Waals surface area contributed by atoms with Crippen LogP contribution in [0.3, 0.4) is 0 Å². The largest absolute Gasteiger partial charge is 0.374 e. The molecule has 0 aromatic carbocycles. The van der Waals surface area contributed by atoms with Crippen LogP contribution in [0.25, 0.3) is 0 Å². The molecule has 0 atom stereocenters. The van der Waals surface area contributed by atoms with Crippen molar-refractivity contribution in [3.05, 3.63) is 11.3 Å². The second-order valence-electron chi connectivity index (χ2n) is 6.06. The molecular weight excluding hydrogens is 282 g/mol. The first-order valence-electron chi connectivity index (χ1n) is 8.12. The van der Waals surface area contributed by atoms with Crippen molar-refractivity contribution in [2.75, 3.05) is 31.5 Å². The molecule has 0 spiro atoms. The van der Waals surface area contributed by atoms with Crippen LogP contribution in [0.2, 0.25) is 0 Å². The van der Waals surface area contributed by atoms with Crippen molar-refractivity contribution in [2.45, 2.75) is 44.9 Å². The normalized spacial score (nSPS) is 19.6. The van der Waals surface area contributed by atoms with Crippen LogP contribution in [0.1, 0.15) is 43.4 Å². The molecule has 1 saturated heterocycles. The number of nitrogens with two attached hydrogens (primary N) is 1. The molecule has 0 aliphatic carbocycles. The molecule has 2 aliphatic rings. The van der Waals surface area contributed by atoms with E-state index in [1.54, 1.807) is 4.68 Å². The quantitative estimate of drug-likeness (QED) is 0.833. The number of hydrogen-bond acceptors (Lipinski definition) is 4. The number of anilines is 1. The molecule has 1 fully saturated rings. The zero-order chi connectivity index (χ0) is 14.7. The van der Waals surface area contributed by atoms with Crippen molar-refractivity contribution in [1.29, 1.82) is 0 Å². The molecule has 5 nitrogen and oxygen atoms in total. The fourth-order valence-electron chi connectivity index (χ4n) is 3.38. The average molecular weight is 307 g/mol. The van der Waals surface area contributed by atoms with Gasteiger partial charge >= 0.3 is 0 Å². The lowest BCUT2D eigenvalue weighted by atomic mass is 10.1. The van der Waals surface area contributed by atoms with E-state index >= 15 is 0 Å². The summed E-state index contributed by atoms with van der Waals surface area (Å²) in [5.74, 6) is 1.04. The van der Waals surface area contributed by atoms with Gasteiger partial charge in [-0.2, -0.15) is 9.78 Å². The van der Waals surface area contributed by atoms with Crippen LogP contribution in [0, 0.1) is 0 Å². The van der Waals surface area contributed by atoms with Gasteiger partial charge in [-0.25, -0.2) is 0 Å². The highest BCUT2D eigenvalue weighted by Crippen LogP contribution is 2.25. The first-order valence-corrected chi connectivity index (χ1v) is 8.53. The number of nitrogens with one attached hydrogen (secondary N) is 1. The van der Waals surface area contributed by atoms with E-state index < -0.39 is 0 Å². The number of rotatable bonds is 3. The number of hydrogen-bond donors (Lipinski definition) is 2. The van der Waals surface area contributed by atoms with Crippen molar-refractivity contribution in [1.82, 2.24) is 14.7 Å². The predicted octanol–water partition coefficient (Wildman–Crippen LogP) is 1.75. The highest BCUT2D eigenvalue weighted by molar-refractivity contribution is 7.80. The van der Waals surface area contributed by atoms with Crippen molar-refractivity contribution in [3.63, 3.8) is 0 Å². The SMILES string of the molecule is NC(=S)n1nc(CCN2CCCCC2)c2c1NCCCC2. The van der Waals surface area contributed by atoms with Crippen molar-refractivity contribution >= 4 is 23.1 Å². The molecule has 3 N–H and O–H groups in total. The van der Waals surface area contributed by atoms with Crippen molar-refractivity contribution in [2.24, 2.45) is 5.73 Å². The first kappa shape index (κ1) is 14.8. The van der Waals surface area contributed by atoms with Gasteiger partial charge in [0.05, 0.1) is 5.69 Å². The average Bonchev–Trinajstić information content (AvgIpc) is 2.68. The monoisotopic (exact) mass is 307 g/mol. The summed E-state index contributed by atoms with van der Waals surface area (Å²) >= 11 is 5.14. The summed E-state index contributed by atoms with van der Waals surface area (Å²) in [5, 5.41) is 8.47. The Hall–Kier alpha value is -1.14. The summed E-state index contributed by atoms with van der Waals surface area (Å²) in [6, 6.07) is 0. The molecule has 1 aromatic heterocycles. The number of nitrogens with zero attached hydrogens (tertiary/aromatic N) is 3. The van der Waals surface area contributed by atoms with Gasteiger partial charge in [0.25, 0.3) is 0 Å². The molecule has 0 unspecified atom stereocenters. The highest BCUT2D eigenvalue weighted by atomic mass is 32.1. The maximum Gasteiger partial charge on any atom is 0.193 e. The number of fused-ring (bicyclic) bond motifs is 1. The number of piperidine rings is 1. The lowest BCUT2D eigenvalue weighted by Gasteiger charge is -2.26. The Morgan fingerprint density at radius 2 is 2.00 bits per heavy atom. The number of likely N-dealkylation sites (tertiary alicyclic amines) is 1.